The van der Waals surface area contributed by atoms with Crippen molar-refractivity contribution < 1.29 is 9.53 Å². The van der Waals surface area contributed by atoms with Crippen LogP contribution in [0.3, 0.4) is 0 Å². The highest BCUT2D eigenvalue weighted by Gasteiger charge is 2.21. The second-order valence-corrected chi connectivity index (χ2v) is 8.00. The number of methoxy groups -OCH3 is 1. The Labute approximate surface area is 168 Å². The number of benzene rings is 1. The summed E-state index contributed by atoms with van der Waals surface area (Å²) in [5.74, 6) is 1.41. The second kappa shape index (κ2) is 7.83. The zero-order valence-electron chi connectivity index (χ0n) is 16.4. The second-order valence-electron chi connectivity index (χ2n) is 7.01. The molecule has 1 aromatic carbocycles. The Morgan fingerprint density at radius 3 is 2.71 bits per heavy atom. The average Bonchev–Trinajstić information content (AvgIpc) is 3.33. The highest BCUT2D eigenvalue weighted by Crippen LogP contribution is 2.36. The number of carbonyl (C=O) groups is 1. The number of para-hydroxylation sites is 1. The lowest BCUT2D eigenvalue weighted by Crippen LogP contribution is -2.29. The lowest BCUT2D eigenvalue weighted by Gasteiger charge is -2.15. The fourth-order valence-electron chi connectivity index (χ4n) is 3.67. The van der Waals surface area contributed by atoms with Gasteiger partial charge in [-0.1, -0.05) is 30.0 Å². The van der Waals surface area contributed by atoms with Gasteiger partial charge < -0.3 is 9.64 Å². The lowest BCUT2D eigenvalue weighted by molar-refractivity contribution is -0.127. The van der Waals surface area contributed by atoms with E-state index in [1.54, 1.807) is 7.11 Å². The molecule has 1 saturated heterocycles. The van der Waals surface area contributed by atoms with E-state index >= 15 is 0 Å². The van der Waals surface area contributed by atoms with E-state index < -0.39 is 0 Å². The van der Waals surface area contributed by atoms with Crippen molar-refractivity contribution >= 4 is 23.3 Å². The first-order valence-corrected chi connectivity index (χ1v) is 10.5. The van der Waals surface area contributed by atoms with Crippen LogP contribution < -0.4 is 4.74 Å². The summed E-state index contributed by atoms with van der Waals surface area (Å²) in [5.41, 5.74) is 4.52. The van der Waals surface area contributed by atoms with Crippen LogP contribution in [-0.4, -0.2) is 51.4 Å². The number of likely N-dealkylation sites (tertiary alicyclic amines) is 1. The van der Waals surface area contributed by atoms with Crippen LogP contribution >= 0.6 is 11.8 Å². The SMILES string of the molecule is COc1ccccc1-c1c(C)nn2c(SCC(=O)N3CCCC3)cc(C)nc12. The van der Waals surface area contributed by atoms with Crippen LogP contribution in [0.5, 0.6) is 5.75 Å². The van der Waals surface area contributed by atoms with Crippen LogP contribution in [0, 0.1) is 13.8 Å². The molecular weight excluding hydrogens is 372 g/mol. The molecule has 3 heterocycles. The van der Waals surface area contributed by atoms with Gasteiger partial charge in [-0.3, -0.25) is 4.79 Å². The van der Waals surface area contributed by atoms with Gasteiger partial charge in [-0.25, -0.2) is 9.50 Å². The van der Waals surface area contributed by atoms with Gasteiger partial charge in [0.15, 0.2) is 5.65 Å². The van der Waals surface area contributed by atoms with Crippen molar-refractivity contribution in [3.8, 4) is 16.9 Å². The fourth-order valence-corrected chi connectivity index (χ4v) is 4.63. The molecule has 0 bridgehead atoms. The number of carbonyl (C=O) groups excluding carboxylic acids is 1. The molecule has 28 heavy (non-hydrogen) atoms. The lowest BCUT2D eigenvalue weighted by atomic mass is 10.1. The van der Waals surface area contributed by atoms with Gasteiger partial charge in [0, 0.05) is 24.3 Å². The monoisotopic (exact) mass is 396 g/mol. The minimum absolute atomic E-state index is 0.193. The first-order chi connectivity index (χ1) is 13.6. The average molecular weight is 397 g/mol. The summed E-state index contributed by atoms with van der Waals surface area (Å²) < 4.78 is 7.40. The van der Waals surface area contributed by atoms with E-state index in [-0.39, 0.29) is 5.91 Å². The van der Waals surface area contributed by atoms with E-state index in [0.717, 1.165) is 64.9 Å². The molecule has 1 aliphatic heterocycles. The molecule has 7 heteroatoms. The smallest absolute Gasteiger partial charge is 0.232 e. The van der Waals surface area contributed by atoms with Crippen molar-refractivity contribution in [2.24, 2.45) is 0 Å². The molecule has 0 N–H and O–H groups in total. The fraction of sp³-hybridized carbons (Fsp3) is 0.381. The van der Waals surface area contributed by atoms with E-state index in [1.165, 1.54) is 11.8 Å². The first kappa shape index (κ1) is 18.8. The zero-order valence-corrected chi connectivity index (χ0v) is 17.3. The summed E-state index contributed by atoms with van der Waals surface area (Å²) in [6.45, 7) is 5.71. The number of rotatable bonds is 5. The van der Waals surface area contributed by atoms with E-state index in [0.29, 0.717) is 5.75 Å². The summed E-state index contributed by atoms with van der Waals surface area (Å²) in [4.78, 5) is 19.2. The number of fused-ring (bicyclic) bond motifs is 1. The van der Waals surface area contributed by atoms with Gasteiger partial charge in [0.1, 0.15) is 10.8 Å². The molecule has 1 fully saturated rings. The van der Waals surface area contributed by atoms with E-state index in [9.17, 15) is 4.79 Å². The molecule has 3 aromatic rings. The molecule has 4 rings (SSSR count). The van der Waals surface area contributed by atoms with Gasteiger partial charge in [-0.2, -0.15) is 5.10 Å². The third-order valence-electron chi connectivity index (χ3n) is 5.04. The number of nitrogens with zero attached hydrogens (tertiary/aromatic N) is 4. The first-order valence-electron chi connectivity index (χ1n) is 9.49. The number of amides is 1. The molecular formula is C21H24N4O2S. The van der Waals surface area contributed by atoms with Crippen LogP contribution in [0.2, 0.25) is 0 Å². The third-order valence-corrected chi connectivity index (χ3v) is 6.02. The number of aryl methyl sites for hydroxylation is 2. The van der Waals surface area contributed by atoms with Crippen molar-refractivity contribution in [1.29, 1.82) is 0 Å². The number of hydrogen-bond donors (Lipinski definition) is 0. The van der Waals surface area contributed by atoms with Crippen molar-refractivity contribution in [3.05, 3.63) is 41.7 Å². The summed E-state index contributed by atoms with van der Waals surface area (Å²) in [6, 6.07) is 9.90. The number of ether oxygens (including phenoxy) is 1. The normalized spacial score (nSPS) is 14.0. The Hall–Kier alpha value is -2.54. The maximum atomic E-state index is 12.5. The topological polar surface area (TPSA) is 59.7 Å². The highest BCUT2D eigenvalue weighted by atomic mass is 32.2. The molecule has 1 aliphatic rings. The Morgan fingerprint density at radius 2 is 1.96 bits per heavy atom. The summed E-state index contributed by atoms with van der Waals surface area (Å²) in [5, 5.41) is 5.66. The van der Waals surface area contributed by atoms with E-state index in [1.807, 2.05) is 53.6 Å². The van der Waals surface area contributed by atoms with E-state index in [4.69, 9.17) is 14.8 Å². The molecule has 146 valence electrons. The van der Waals surface area contributed by atoms with Gasteiger partial charge in [0.25, 0.3) is 0 Å². The Kier molecular flexibility index (Phi) is 5.26. The van der Waals surface area contributed by atoms with Gasteiger partial charge in [0.05, 0.1) is 24.1 Å². The van der Waals surface area contributed by atoms with Gasteiger partial charge in [-0.05, 0) is 38.8 Å². The highest BCUT2D eigenvalue weighted by molar-refractivity contribution is 7.99. The molecule has 1 amide bonds. The standard InChI is InChI=1S/C21H24N4O2S/c1-14-12-19(28-13-18(26)24-10-6-7-11-24)25-21(22-14)20(15(2)23-25)16-8-4-5-9-17(16)27-3/h4-5,8-9,12H,6-7,10-11,13H2,1-3H3. The summed E-state index contributed by atoms with van der Waals surface area (Å²) in [7, 11) is 1.67. The minimum atomic E-state index is 0.193. The van der Waals surface area contributed by atoms with Crippen LogP contribution in [0.1, 0.15) is 24.2 Å². The predicted molar refractivity (Wildman–Crippen MR) is 111 cm³/mol. The summed E-state index contributed by atoms with van der Waals surface area (Å²) >= 11 is 1.52. The zero-order chi connectivity index (χ0) is 19.7. The molecule has 0 aliphatic carbocycles. The minimum Gasteiger partial charge on any atom is -0.496 e. The summed E-state index contributed by atoms with van der Waals surface area (Å²) in [6.07, 6.45) is 2.21. The Morgan fingerprint density at radius 1 is 1.21 bits per heavy atom. The largest absolute Gasteiger partial charge is 0.496 e. The quantitative estimate of drug-likeness (QED) is 0.486. The number of aromatic nitrogens is 3. The molecule has 0 spiro atoms. The number of hydrogen-bond acceptors (Lipinski definition) is 5. The van der Waals surface area contributed by atoms with Crippen LogP contribution in [-0.2, 0) is 4.79 Å². The van der Waals surface area contributed by atoms with Crippen LogP contribution in [0.4, 0.5) is 0 Å². The van der Waals surface area contributed by atoms with E-state index in [2.05, 4.69) is 0 Å². The molecule has 6 nitrogen and oxygen atoms in total. The van der Waals surface area contributed by atoms with Crippen molar-refractivity contribution in [2.45, 2.75) is 31.7 Å². The van der Waals surface area contributed by atoms with Gasteiger partial charge in [0.2, 0.25) is 5.91 Å². The number of thioether (sulfide) groups is 1. The van der Waals surface area contributed by atoms with Crippen LogP contribution in [0.25, 0.3) is 16.8 Å². The van der Waals surface area contributed by atoms with Crippen molar-refractivity contribution in [1.82, 2.24) is 19.5 Å². The van der Waals surface area contributed by atoms with Crippen molar-refractivity contribution in [3.63, 3.8) is 0 Å². The molecule has 0 atom stereocenters. The van der Waals surface area contributed by atoms with Crippen LogP contribution in [0.15, 0.2) is 35.4 Å². The molecule has 0 radical (unpaired) electrons. The molecule has 2 aromatic heterocycles. The molecule has 0 unspecified atom stereocenters. The Balaban J connectivity index is 1.72. The maximum absolute atomic E-state index is 12.5. The third kappa shape index (κ3) is 3.46. The maximum Gasteiger partial charge on any atom is 0.232 e. The molecule has 0 saturated carbocycles. The Bertz CT molecular complexity index is 1020. The predicted octanol–water partition coefficient (Wildman–Crippen LogP) is 3.74. The van der Waals surface area contributed by atoms with Gasteiger partial charge in [-0.15, -0.1) is 0 Å². The van der Waals surface area contributed by atoms with Crippen molar-refractivity contribution in [2.75, 3.05) is 26.0 Å². The van der Waals surface area contributed by atoms with Gasteiger partial charge >= 0.3 is 0 Å².